The van der Waals surface area contributed by atoms with Crippen LogP contribution in [0.1, 0.15) is 56.4 Å². The van der Waals surface area contributed by atoms with E-state index in [2.05, 4.69) is 41.4 Å². The Kier molecular flexibility index (Phi) is 5.18. The third-order valence-corrected chi connectivity index (χ3v) is 7.67. The monoisotopic (exact) mass is 408 g/mol. The summed E-state index contributed by atoms with van der Waals surface area (Å²) < 4.78 is 5.83. The molecule has 0 saturated carbocycles. The van der Waals surface area contributed by atoms with Gasteiger partial charge in [-0.25, -0.2) is 0 Å². The van der Waals surface area contributed by atoms with Gasteiger partial charge in [0.15, 0.2) is 0 Å². The van der Waals surface area contributed by atoms with Crippen LogP contribution in [-0.4, -0.2) is 37.0 Å². The Morgan fingerprint density at radius 3 is 2.97 bits per heavy atom. The molecule has 152 valence electrons. The number of likely N-dealkylation sites (tertiary alicyclic amines) is 1. The van der Waals surface area contributed by atoms with Crippen LogP contribution in [0.5, 0.6) is 0 Å². The molecule has 5 rings (SSSR count). The van der Waals surface area contributed by atoms with Gasteiger partial charge in [0.1, 0.15) is 5.58 Å². The number of nitrogens with zero attached hydrogens (tertiary/aromatic N) is 1. The molecule has 1 fully saturated rings. The second kappa shape index (κ2) is 7.96. The molecule has 1 saturated heterocycles. The van der Waals surface area contributed by atoms with Crippen molar-refractivity contribution in [3.8, 4) is 0 Å². The van der Waals surface area contributed by atoms with Gasteiger partial charge in [0, 0.05) is 28.9 Å². The van der Waals surface area contributed by atoms with E-state index in [9.17, 15) is 4.79 Å². The van der Waals surface area contributed by atoms with Gasteiger partial charge in [-0.05, 0) is 81.3 Å². The SMILES string of the molecule is Cc1ccc2c(C3CCN(CCc4cc5c(s4)C(=O)NCCC5)CC3)coc2c1. The molecule has 0 spiro atoms. The summed E-state index contributed by atoms with van der Waals surface area (Å²) >= 11 is 1.70. The minimum absolute atomic E-state index is 0.122. The average molecular weight is 409 g/mol. The van der Waals surface area contributed by atoms with E-state index < -0.39 is 0 Å². The van der Waals surface area contributed by atoms with Crippen molar-refractivity contribution in [3.05, 3.63) is 57.0 Å². The summed E-state index contributed by atoms with van der Waals surface area (Å²) in [5.74, 6) is 0.716. The van der Waals surface area contributed by atoms with Crippen molar-refractivity contribution >= 4 is 28.2 Å². The number of hydrogen-bond donors (Lipinski definition) is 1. The highest BCUT2D eigenvalue weighted by Crippen LogP contribution is 2.35. The second-order valence-corrected chi connectivity index (χ2v) is 9.62. The molecule has 0 unspecified atom stereocenters. The van der Waals surface area contributed by atoms with Crippen molar-refractivity contribution in [2.45, 2.75) is 44.9 Å². The Labute approximate surface area is 175 Å². The number of amides is 1. The van der Waals surface area contributed by atoms with E-state index in [0.29, 0.717) is 5.92 Å². The highest BCUT2D eigenvalue weighted by molar-refractivity contribution is 7.14. The Hall–Kier alpha value is -2.11. The molecule has 1 N–H and O–H groups in total. The Balaban J connectivity index is 1.18. The zero-order valence-corrected chi connectivity index (χ0v) is 17.8. The van der Waals surface area contributed by atoms with Gasteiger partial charge >= 0.3 is 0 Å². The van der Waals surface area contributed by atoms with Crippen molar-refractivity contribution < 1.29 is 9.21 Å². The molecule has 2 aliphatic heterocycles. The highest BCUT2D eigenvalue weighted by Gasteiger charge is 2.24. The molecule has 29 heavy (non-hydrogen) atoms. The fraction of sp³-hybridized carbons (Fsp3) is 0.458. The first-order chi connectivity index (χ1) is 14.2. The first-order valence-corrected chi connectivity index (χ1v) is 11.6. The van der Waals surface area contributed by atoms with Crippen LogP contribution in [0, 0.1) is 6.92 Å². The summed E-state index contributed by atoms with van der Waals surface area (Å²) in [6.45, 7) is 6.26. The van der Waals surface area contributed by atoms with Gasteiger partial charge in [0.2, 0.25) is 0 Å². The zero-order chi connectivity index (χ0) is 19.8. The van der Waals surface area contributed by atoms with Crippen molar-refractivity contribution in [2.75, 3.05) is 26.2 Å². The number of fused-ring (bicyclic) bond motifs is 2. The number of nitrogens with one attached hydrogen (secondary N) is 1. The summed E-state index contributed by atoms with van der Waals surface area (Å²) in [7, 11) is 0. The van der Waals surface area contributed by atoms with E-state index >= 15 is 0 Å². The summed E-state index contributed by atoms with van der Waals surface area (Å²) in [4.78, 5) is 17.0. The zero-order valence-electron chi connectivity index (χ0n) is 17.0. The number of furan rings is 1. The van der Waals surface area contributed by atoms with E-state index in [4.69, 9.17) is 4.42 Å². The van der Waals surface area contributed by atoms with Crippen LogP contribution < -0.4 is 5.32 Å². The molecule has 1 amide bonds. The molecule has 0 atom stereocenters. The lowest BCUT2D eigenvalue weighted by atomic mass is 9.89. The smallest absolute Gasteiger partial charge is 0.261 e. The second-order valence-electron chi connectivity index (χ2n) is 8.48. The first-order valence-electron chi connectivity index (χ1n) is 10.8. The molecule has 5 heteroatoms. The number of piperidine rings is 1. The maximum Gasteiger partial charge on any atom is 0.261 e. The summed E-state index contributed by atoms with van der Waals surface area (Å²) in [5, 5.41) is 4.29. The van der Waals surface area contributed by atoms with Gasteiger partial charge < -0.3 is 14.6 Å². The van der Waals surface area contributed by atoms with Crippen LogP contribution in [0.4, 0.5) is 0 Å². The van der Waals surface area contributed by atoms with E-state index in [1.165, 1.54) is 39.8 Å². The van der Waals surface area contributed by atoms with Crippen molar-refractivity contribution in [1.29, 1.82) is 0 Å². The van der Waals surface area contributed by atoms with E-state index in [-0.39, 0.29) is 5.91 Å². The molecule has 0 aliphatic carbocycles. The lowest BCUT2D eigenvalue weighted by Crippen LogP contribution is -2.34. The fourth-order valence-corrected chi connectivity index (χ4v) is 5.87. The number of carbonyl (C=O) groups is 1. The van der Waals surface area contributed by atoms with Gasteiger partial charge in [-0.2, -0.15) is 0 Å². The minimum Gasteiger partial charge on any atom is -0.464 e. The van der Waals surface area contributed by atoms with Crippen LogP contribution in [0.2, 0.25) is 0 Å². The number of aryl methyl sites for hydroxylation is 2. The van der Waals surface area contributed by atoms with Crippen molar-refractivity contribution in [1.82, 2.24) is 10.2 Å². The quantitative estimate of drug-likeness (QED) is 0.668. The van der Waals surface area contributed by atoms with Gasteiger partial charge in [-0.15, -0.1) is 11.3 Å². The number of carbonyl (C=O) groups excluding carboxylic acids is 1. The lowest BCUT2D eigenvalue weighted by Gasteiger charge is -2.31. The van der Waals surface area contributed by atoms with E-state index in [1.54, 1.807) is 11.3 Å². The molecular weight excluding hydrogens is 380 g/mol. The first kappa shape index (κ1) is 18.9. The Bertz CT molecular complexity index is 1030. The number of benzene rings is 1. The standard InChI is InChI=1S/C24H28N2O2S/c1-16-4-5-20-21(15-28-22(20)13-16)17-6-10-26(11-7-17)12-8-19-14-18-3-2-9-25-24(27)23(18)29-19/h4-5,13-15,17H,2-3,6-12H2,1H3,(H,25,27). The average Bonchev–Trinajstić information content (AvgIpc) is 3.29. The van der Waals surface area contributed by atoms with E-state index in [1.807, 2.05) is 6.26 Å². The summed E-state index contributed by atoms with van der Waals surface area (Å²) in [5.41, 5.74) is 4.90. The summed E-state index contributed by atoms with van der Waals surface area (Å²) in [6.07, 6.45) is 7.47. The Morgan fingerprint density at radius 2 is 2.10 bits per heavy atom. The predicted molar refractivity (Wildman–Crippen MR) is 118 cm³/mol. The number of rotatable bonds is 4. The maximum absolute atomic E-state index is 12.2. The number of thiophene rings is 1. The number of hydrogen-bond acceptors (Lipinski definition) is 4. The van der Waals surface area contributed by atoms with Crippen LogP contribution in [0.3, 0.4) is 0 Å². The fourth-order valence-electron chi connectivity index (χ4n) is 4.76. The molecule has 3 aromatic rings. The third-order valence-electron chi connectivity index (χ3n) is 6.44. The molecular formula is C24H28N2O2S. The van der Waals surface area contributed by atoms with Crippen LogP contribution in [0.15, 0.2) is 34.9 Å². The lowest BCUT2D eigenvalue weighted by molar-refractivity contribution is 0.0960. The molecule has 4 heterocycles. The highest BCUT2D eigenvalue weighted by atomic mass is 32.1. The van der Waals surface area contributed by atoms with Crippen molar-refractivity contribution in [2.24, 2.45) is 0 Å². The normalized spacial score (nSPS) is 18.6. The van der Waals surface area contributed by atoms with Crippen LogP contribution in [0.25, 0.3) is 11.0 Å². The molecule has 2 aliphatic rings. The maximum atomic E-state index is 12.2. The topological polar surface area (TPSA) is 45.5 Å². The molecule has 2 aromatic heterocycles. The summed E-state index contributed by atoms with van der Waals surface area (Å²) in [6, 6.07) is 8.81. The van der Waals surface area contributed by atoms with Gasteiger partial charge in [0.25, 0.3) is 5.91 Å². The molecule has 0 bridgehead atoms. The predicted octanol–water partition coefficient (Wildman–Crippen LogP) is 4.90. The largest absolute Gasteiger partial charge is 0.464 e. The van der Waals surface area contributed by atoms with Gasteiger partial charge in [0.05, 0.1) is 11.1 Å². The van der Waals surface area contributed by atoms with Gasteiger partial charge in [-0.1, -0.05) is 12.1 Å². The molecule has 0 radical (unpaired) electrons. The third kappa shape index (κ3) is 3.86. The van der Waals surface area contributed by atoms with Crippen LogP contribution in [-0.2, 0) is 12.8 Å². The Morgan fingerprint density at radius 1 is 1.24 bits per heavy atom. The minimum atomic E-state index is 0.122. The molecule has 4 nitrogen and oxygen atoms in total. The van der Waals surface area contributed by atoms with Crippen LogP contribution >= 0.6 is 11.3 Å². The molecule has 1 aromatic carbocycles. The van der Waals surface area contributed by atoms with Gasteiger partial charge in [-0.3, -0.25) is 4.79 Å². The van der Waals surface area contributed by atoms with E-state index in [0.717, 1.165) is 55.9 Å². The van der Waals surface area contributed by atoms with Crippen molar-refractivity contribution in [3.63, 3.8) is 0 Å².